The van der Waals surface area contributed by atoms with Crippen molar-refractivity contribution < 1.29 is 14.7 Å². The predicted molar refractivity (Wildman–Crippen MR) is 51.0 cm³/mol. The van der Waals surface area contributed by atoms with E-state index in [1.54, 1.807) is 11.1 Å². The van der Waals surface area contributed by atoms with E-state index in [-0.39, 0.29) is 18.2 Å². The first-order valence-corrected chi connectivity index (χ1v) is 4.39. The number of nitrogens with one attached hydrogen (secondary N) is 1. The highest BCUT2D eigenvalue weighted by molar-refractivity contribution is 5.98. The van der Waals surface area contributed by atoms with Gasteiger partial charge in [0.15, 0.2) is 5.78 Å². The molecule has 0 aromatic heterocycles. The van der Waals surface area contributed by atoms with E-state index in [4.69, 9.17) is 5.11 Å². The van der Waals surface area contributed by atoms with Crippen LogP contribution < -0.4 is 5.32 Å². The number of amides is 1. The van der Waals surface area contributed by atoms with Crippen molar-refractivity contribution in [1.29, 1.82) is 0 Å². The van der Waals surface area contributed by atoms with E-state index in [0.717, 1.165) is 0 Å². The zero-order valence-electron chi connectivity index (χ0n) is 8.28. The fraction of sp³-hybridized carbons (Fsp3) is 0.556. The van der Waals surface area contributed by atoms with Gasteiger partial charge in [0, 0.05) is 38.3 Å². The Morgan fingerprint density at radius 3 is 2.71 bits per heavy atom. The van der Waals surface area contributed by atoms with Crippen molar-refractivity contribution in [2.75, 3.05) is 14.1 Å². The van der Waals surface area contributed by atoms with Crippen molar-refractivity contribution in [3.8, 4) is 0 Å². The Morgan fingerprint density at radius 1 is 1.57 bits per heavy atom. The molecule has 1 fully saturated rings. The van der Waals surface area contributed by atoms with Crippen LogP contribution in [-0.2, 0) is 4.79 Å². The quantitative estimate of drug-likeness (QED) is 0.631. The first-order valence-electron chi connectivity index (χ1n) is 4.39. The maximum absolute atomic E-state index is 11.4. The van der Waals surface area contributed by atoms with E-state index in [2.05, 4.69) is 5.32 Å². The highest BCUT2D eigenvalue weighted by Crippen LogP contribution is 2.21. The number of carboxylic acid groups (broad SMARTS) is 1. The summed E-state index contributed by atoms with van der Waals surface area (Å²) in [6, 6.07) is -0.258. The van der Waals surface area contributed by atoms with Crippen LogP contribution in [-0.4, -0.2) is 42.0 Å². The zero-order chi connectivity index (χ0) is 10.7. The number of nitrogens with zero attached hydrogens (tertiary/aromatic N) is 1. The van der Waals surface area contributed by atoms with Gasteiger partial charge in [0.2, 0.25) is 0 Å². The second kappa shape index (κ2) is 4.13. The SMILES string of the molecule is CN(C)/C=C1/CC(NC(=O)O)CC1=O. The van der Waals surface area contributed by atoms with Gasteiger partial charge in [-0.25, -0.2) is 4.79 Å². The van der Waals surface area contributed by atoms with Crippen molar-refractivity contribution >= 4 is 11.9 Å². The molecule has 0 radical (unpaired) electrons. The fourth-order valence-corrected chi connectivity index (χ4v) is 1.52. The average molecular weight is 198 g/mol. The van der Waals surface area contributed by atoms with Crippen molar-refractivity contribution in [3.63, 3.8) is 0 Å². The smallest absolute Gasteiger partial charge is 0.404 e. The molecule has 0 aromatic carbocycles. The molecule has 0 aliphatic heterocycles. The second-order valence-corrected chi connectivity index (χ2v) is 3.60. The van der Waals surface area contributed by atoms with Crippen LogP contribution in [0, 0.1) is 0 Å². The minimum atomic E-state index is -1.08. The van der Waals surface area contributed by atoms with Crippen molar-refractivity contribution in [2.24, 2.45) is 0 Å². The highest BCUT2D eigenvalue weighted by atomic mass is 16.4. The summed E-state index contributed by atoms with van der Waals surface area (Å²) < 4.78 is 0. The van der Waals surface area contributed by atoms with Crippen LogP contribution in [0.15, 0.2) is 11.8 Å². The molecule has 0 saturated heterocycles. The van der Waals surface area contributed by atoms with Crippen LogP contribution >= 0.6 is 0 Å². The largest absolute Gasteiger partial charge is 0.465 e. The third kappa shape index (κ3) is 2.76. The molecule has 1 unspecified atom stereocenters. The molecule has 1 atom stereocenters. The van der Waals surface area contributed by atoms with Crippen molar-refractivity contribution in [3.05, 3.63) is 11.8 Å². The van der Waals surface area contributed by atoms with Crippen molar-refractivity contribution in [1.82, 2.24) is 10.2 Å². The summed E-state index contributed by atoms with van der Waals surface area (Å²) >= 11 is 0. The van der Waals surface area contributed by atoms with Crippen LogP contribution in [0.25, 0.3) is 0 Å². The van der Waals surface area contributed by atoms with Crippen LogP contribution in [0.3, 0.4) is 0 Å². The average Bonchev–Trinajstić information content (AvgIpc) is 2.28. The van der Waals surface area contributed by atoms with Gasteiger partial charge in [-0.2, -0.15) is 0 Å². The third-order valence-electron chi connectivity index (χ3n) is 2.00. The van der Waals surface area contributed by atoms with Crippen LogP contribution in [0.5, 0.6) is 0 Å². The van der Waals surface area contributed by atoms with Gasteiger partial charge in [-0.15, -0.1) is 0 Å². The lowest BCUT2D eigenvalue weighted by atomic mass is 10.2. The lowest BCUT2D eigenvalue weighted by molar-refractivity contribution is -0.114. The maximum atomic E-state index is 11.4. The van der Waals surface area contributed by atoms with E-state index >= 15 is 0 Å². The van der Waals surface area contributed by atoms with Gasteiger partial charge < -0.3 is 15.3 Å². The number of carbonyl (C=O) groups is 2. The Labute approximate surface area is 82.4 Å². The Bertz CT molecular complexity index is 284. The lowest BCUT2D eigenvalue weighted by Crippen LogP contribution is -2.31. The molecule has 1 saturated carbocycles. The first kappa shape index (κ1) is 10.6. The molecule has 0 aromatic rings. The van der Waals surface area contributed by atoms with E-state index < -0.39 is 6.09 Å². The van der Waals surface area contributed by atoms with E-state index in [1.807, 2.05) is 14.1 Å². The molecule has 78 valence electrons. The summed E-state index contributed by atoms with van der Waals surface area (Å²) in [7, 11) is 3.66. The predicted octanol–water partition coefficient (Wildman–Crippen LogP) is 0.431. The summed E-state index contributed by atoms with van der Waals surface area (Å²) in [5.41, 5.74) is 0.689. The molecule has 0 bridgehead atoms. The van der Waals surface area contributed by atoms with Crippen molar-refractivity contribution in [2.45, 2.75) is 18.9 Å². The third-order valence-corrected chi connectivity index (χ3v) is 2.00. The summed E-state index contributed by atoms with van der Waals surface area (Å²) in [5.74, 6) is 0.0254. The topological polar surface area (TPSA) is 69.6 Å². The molecule has 5 heteroatoms. The molecule has 1 aliphatic carbocycles. The summed E-state index contributed by atoms with van der Waals surface area (Å²) in [5, 5.41) is 10.8. The normalized spacial score (nSPS) is 24.0. The lowest BCUT2D eigenvalue weighted by Gasteiger charge is -2.07. The number of Topliss-reactive ketones (excluding diaryl/α,β-unsaturated/α-hetero) is 1. The van der Waals surface area contributed by atoms with Crippen LogP contribution in [0.4, 0.5) is 4.79 Å². The molecule has 2 N–H and O–H groups in total. The maximum Gasteiger partial charge on any atom is 0.404 e. The Morgan fingerprint density at radius 2 is 2.21 bits per heavy atom. The molecule has 0 heterocycles. The van der Waals surface area contributed by atoms with Gasteiger partial charge in [-0.3, -0.25) is 4.79 Å². The molecule has 5 nitrogen and oxygen atoms in total. The van der Waals surface area contributed by atoms with E-state index in [1.165, 1.54) is 0 Å². The molecule has 14 heavy (non-hydrogen) atoms. The minimum absolute atomic E-state index is 0.0254. The van der Waals surface area contributed by atoms with E-state index in [9.17, 15) is 9.59 Å². The summed E-state index contributed by atoms with van der Waals surface area (Å²) in [6.45, 7) is 0. The molecule has 1 aliphatic rings. The Kier molecular flexibility index (Phi) is 3.11. The number of hydrogen-bond donors (Lipinski definition) is 2. The van der Waals surface area contributed by atoms with E-state index in [0.29, 0.717) is 12.0 Å². The van der Waals surface area contributed by atoms with Gasteiger partial charge in [-0.05, 0) is 6.42 Å². The van der Waals surface area contributed by atoms with Gasteiger partial charge in [0.25, 0.3) is 0 Å². The van der Waals surface area contributed by atoms with Gasteiger partial charge >= 0.3 is 6.09 Å². The summed E-state index contributed by atoms with van der Waals surface area (Å²) in [6.07, 6.45) is 1.43. The molecule has 0 spiro atoms. The highest BCUT2D eigenvalue weighted by Gasteiger charge is 2.28. The standard InChI is InChI=1S/C9H14N2O3/c1-11(2)5-6-3-7(4-8(6)12)10-9(13)14/h5,7,10H,3-4H2,1-2H3,(H,13,14)/b6-5-. The molecular weight excluding hydrogens is 184 g/mol. The number of rotatable bonds is 2. The van der Waals surface area contributed by atoms with Gasteiger partial charge in [-0.1, -0.05) is 0 Å². The molecule has 1 rings (SSSR count). The second-order valence-electron chi connectivity index (χ2n) is 3.60. The minimum Gasteiger partial charge on any atom is -0.465 e. The number of ketones is 1. The van der Waals surface area contributed by atoms with Gasteiger partial charge in [0.05, 0.1) is 0 Å². The first-order chi connectivity index (χ1) is 6.49. The van der Waals surface area contributed by atoms with Gasteiger partial charge in [0.1, 0.15) is 0 Å². The number of carbonyl (C=O) groups excluding carboxylic acids is 1. The van der Waals surface area contributed by atoms with Crippen LogP contribution in [0.2, 0.25) is 0 Å². The monoisotopic (exact) mass is 198 g/mol. The fourth-order valence-electron chi connectivity index (χ4n) is 1.52. The molecule has 1 amide bonds. The Hall–Kier alpha value is -1.52. The van der Waals surface area contributed by atoms with Crippen LogP contribution in [0.1, 0.15) is 12.8 Å². The molecular formula is C9H14N2O3. The zero-order valence-corrected chi connectivity index (χ0v) is 8.28. The summed E-state index contributed by atoms with van der Waals surface area (Å²) in [4.78, 5) is 23.5. The Balaban J connectivity index is 2.60. The number of hydrogen-bond acceptors (Lipinski definition) is 3.